The lowest BCUT2D eigenvalue weighted by atomic mass is 10.0. The third-order valence-corrected chi connectivity index (χ3v) is 12.4. The van der Waals surface area contributed by atoms with Gasteiger partial charge in [-0.15, -0.1) is 0 Å². The first-order valence-corrected chi connectivity index (χ1v) is 11.3. The van der Waals surface area contributed by atoms with Crippen LogP contribution in [0.2, 0.25) is 16.6 Å². The van der Waals surface area contributed by atoms with Crippen molar-refractivity contribution in [2.45, 2.75) is 97.9 Å². The SMILES string of the molecule is CC(C)C1C(=O)N(C(C)C)C(=O)N1[Si](C(C)C)(C(C)C)C(C)C. The molecule has 0 aromatic carbocycles. The smallest absolute Gasteiger partial charge is 0.319 e. The molecule has 0 aromatic heterocycles. The van der Waals surface area contributed by atoms with Gasteiger partial charge in [0.1, 0.15) is 6.04 Å². The average molecular weight is 341 g/mol. The third kappa shape index (κ3) is 2.97. The Morgan fingerprint density at radius 3 is 1.43 bits per heavy atom. The molecule has 0 spiro atoms. The van der Waals surface area contributed by atoms with E-state index in [4.69, 9.17) is 0 Å². The van der Waals surface area contributed by atoms with E-state index in [0.717, 1.165) is 0 Å². The largest absolute Gasteiger partial charge is 0.339 e. The van der Waals surface area contributed by atoms with Crippen LogP contribution in [0.15, 0.2) is 0 Å². The van der Waals surface area contributed by atoms with Gasteiger partial charge in [-0.1, -0.05) is 55.4 Å². The van der Waals surface area contributed by atoms with Gasteiger partial charge in [-0.3, -0.25) is 9.69 Å². The monoisotopic (exact) mass is 340 g/mol. The van der Waals surface area contributed by atoms with Crippen molar-refractivity contribution in [1.29, 1.82) is 0 Å². The van der Waals surface area contributed by atoms with Gasteiger partial charge in [0.15, 0.2) is 8.24 Å². The van der Waals surface area contributed by atoms with Crippen molar-refractivity contribution < 1.29 is 9.59 Å². The molecule has 0 bridgehead atoms. The maximum Gasteiger partial charge on any atom is 0.319 e. The summed E-state index contributed by atoms with van der Waals surface area (Å²) in [6.45, 7) is 21.4. The van der Waals surface area contributed by atoms with Crippen molar-refractivity contribution in [3.8, 4) is 0 Å². The topological polar surface area (TPSA) is 40.6 Å². The summed E-state index contributed by atoms with van der Waals surface area (Å²) in [4.78, 5) is 27.8. The molecule has 0 aromatic rings. The zero-order valence-corrected chi connectivity index (χ0v) is 17.7. The van der Waals surface area contributed by atoms with Crippen LogP contribution in [0, 0.1) is 5.92 Å². The zero-order valence-electron chi connectivity index (χ0n) is 16.7. The Hall–Kier alpha value is -0.843. The molecule has 0 N–H and O–H groups in total. The number of hydrogen-bond acceptors (Lipinski definition) is 2. The minimum Gasteiger partial charge on any atom is -0.339 e. The standard InChI is InChI=1S/C18H36N2O2Si/c1-11(2)16-17(21)19(12(3)4)18(22)20(16)23(13(5)6,14(7)8)15(9)10/h11-16H,1-10H3. The highest BCUT2D eigenvalue weighted by Gasteiger charge is 2.60. The summed E-state index contributed by atoms with van der Waals surface area (Å²) in [5.74, 6) is 0.136. The van der Waals surface area contributed by atoms with Crippen molar-refractivity contribution in [3.63, 3.8) is 0 Å². The number of urea groups is 1. The molecule has 1 aliphatic rings. The molecular weight excluding hydrogens is 304 g/mol. The second-order valence-corrected chi connectivity index (χ2v) is 14.2. The molecule has 1 rings (SSSR count). The van der Waals surface area contributed by atoms with Gasteiger partial charge in [0.25, 0.3) is 5.91 Å². The average Bonchev–Trinajstić information content (AvgIpc) is 2.60. The van der Waals surface area contributed by atoms with Gasteiger partial charge in [0.2, 0.25) is 0 Å². The number of nitrogens with zero attached hydrogens (tertiary/aromatic N) is 2. The molecule has 1 saturated heterocycles. The fraction of sp³-hybridized carbons (Fsp3) is 0.889. The second kappa shape index (κ2) is 6.95. The lowest BCUT2D eigenvalue weighted by Gasteiger charge is -2.51. The quantitative estimate of drug-likeness (QED) is 0.512. The van der Waals surface area contributed by atoms with Crippen molar-refractivity contribution in [3.05, 3.63) is 0 Å². The number of amides is 3. The molecule has 0 aliphatic carbocycles. The highest BCUT2D eigenvalue weighted by Crippen LogP contribution is 2.48. The predicted molar refractivity (Wildman–Crippen MR) is 98.9 cm³/mol. The molecule has 0 saturated carbocycles. The van der Waals surface area contributed by atoms with E-state index in [0.29, 0.717) is 16.6 Å². The van der Waals surface area contributed by atoms with Gasteiger partial charge < -0.3 is 4.57 Å². The van der Waals surface area contributed by atoms with Gasteiger partial charge in [-0.2, -0.15) is 0 Å². The Balaban J connectivity index is 3.61. The summed E-state index contributed by atoms with van der Waals surface area (Å²) in [6, 6.07) is -0.435. The Kier molecular flexibility index (Phi) is 6.11. The summed E-state index contributed by atoms with van der Waals surface area (Å²) in [7, 11) is -2.19. The van der Waals surface area contributed by atoms with Crippen molar-refractivity contribution in [2.24, 2.45) is 5.92 Å². The molecule has 4 nitrogen and oxygen atoms in total. The van der Waals surface area contributed by atoms with Crippen LogP contribution in [0.3, 0.4) is 0 Å². The van der Waals surface area contributed by atoms with E-state index in [9.17, 15) is 9.59 Å². The summed E-state index contributed by atoms with van der Waals surface area (Å²) in [6.07, 6.45) is 0. The third-order valence-electron chi connectivity index (χ3n) is 5.52. The molecule has 5 heteroatoms. The lowest BCUT2D eigenvalue weighted by Crippen LogP contribution is -2.64. The summed E-state index contributed by atoms with van der Waals surface area (Å²) in [5, 5.41) is 0. The molecule has 1 aliphatic heterocycles. The van der Waals surface area contributed by atoms with Gasteiger partial charge in [-0.05, 0) is 36.4 Å². The molecule has 134 valence electrons. The number of hydrogen-bond donors (Lipinski definition) is 0. The van der Waals surface area contributed by atoms with Gasteiger partial charge in [-0.25, -0.2) is 4.79 Å². The number of carbonyl (C=O) groups is 2. The van der Waals surface area contributed by atoms with Crippen LogP contribution in [0.5, 0.6) is 0 Å². The van der Waals surface area contributed by atoms with Crippen LogP contribution in [0.25, 0.3) is 0 Å². The Morgan fingerprint density at radius 2 is 1.17 bits per heavy atom. The van der Waals surface area contributed by atoms with E-state index >= 15 is 0 Å². The van der Waals surface area contributed by atoms with E-state index in [2.05, 4.69) is 60.0 Å². The van der Waals surface area contributed by atoms with Crippen LogP contribution in [-0.2, 0) is 4.79 Å². The molecule has 1 fully saturated rings. The molecule has 1 atom stereocenters. The van der Waals surface area contributed by atoms with Crippen LogP contribution in [-0.4, -0.2) is 41.7 Å². The summed E-state index contributed by atoms with van der Waals surface area (Å²) >= 11 is 0. The molecule has 23 heavy (non-hydrogen) atoms. The van der Waals surface area contributed by atoms with Crippen LogP contribution >= 0.6 is 0 Å². The first-order chi connectivity index (χ1) is 10.4. The minimum absolute atomic E-state index is 0.00109. The number of carbonyl (C=O) groups excluding carboxylic acids is 2. The van der Waals surface area contributed by atoms with Crippen molar-refractivity contribution in [2.75, 3.05) is 0 Å². The molecular formula is C18H36N2O2Si. The Bertz CT molecular complexity index is 436. The summed E-state index contributed by atoms with van der Waals surface area (Å²) in [5.41, 5.74) is 1.23. The van der Waals surface area contributed by atoms with E-state index in [1.54, 1.807) is 0 Å². The first kappa shape index (κ1) is 20.2. The van der Waals surface area contributed by atoms with Gasteiger partial charge >= 0.3 is 6.03 Å². The van der Waals surface area contributed by atoms with Gasteiger partial charge in [0, 0.05) is 6.04 Å². The minimum atomic E-state index is -2.19. The van der Waals surface area contributed by atoms with Gasteiger partial charge in [0.05, 0.1) is 0 Å². The molecule has 3 amide bonds. The normalized spacial score (nSPS) is 20.4. The molecule has 1 heterocycles. The fourth-order valence-corrected chi connectivity index (χ4v) is 11.9. The lowest BCUT2D eigenvalue weighted by molar-refractivity contribution is -0.130. The van der Waals surface area contributed by atoms with Crippen LogP contribution in [0.1, 0.15) is 69.2 Å². The maximum absolute atomic E-state index is 13.3. The molecule has 0 radical (unpaired) electrons. The highest BCUT2D eigenvalue weighted by atomic mass is 28.3. The first-order valence-electron chi connectivity index (χ1n) is 9.08. The Labute approximate surface area is 143 Å². The molecule has 1 unspecified atom stereocenters. The van der Waals surface area contributed by atoms with Crippen LogP contribution < -0.4 is 0 Å². The zero-order chi connectivity index (χ0) is 18.3. The van der Waals surface area contributed by atoms with Crippen LogP contribution in [0.4, 0.5) is 4.79 Å². The summed E-state index contributed by atoms with van der Waals surface area (Å²) < 4.78 is 2.08. The van der Waals surface area contributed by atoms with E-state index in [-0.39, 0.29) is 29.9 Å². The van der Waals surface area contributed by atoms with Crippen molar-refractivity contribution in [1.82, 2.24) is 9.47 Å². The number of rotatable bonds is 6. The van der Waals surface area contributed by atoms with Crippen molar-refractivity contribution >= 4 is 20.2 Å². The number of imide groups is 1. The van der Waals surface area contributed by atoms with E-state index < -0.39 is 8.24 Å². The maximum atomic E-state index is 13.3. The van der Waals surface area contributed by atoms with E-state index in [1.165, 1.54) is 4.90 Å². The second-order valence-electron chi connectivity index (χ2n) is 8.49. The Morgan fingerprint density at radius 1 is 0.783 bits per heavy atom. The highest BCUT2D eigenvalue weighted by molar-refractivity contribution is 6.83. The predicted octanol–water partition coefficient (Wildman–Crippen LogP) is 4.86. The fourth-order valence-electron chi connectivity index (χ4n) is 4.88. The van der Waals surface area contributed by atoms with E-state index in [1.807, 2.05) is 13.8 Å².